The van der Waals surface area contributed by atoms with Crippen LogP contribution in [0.15, 0.2) is 0 Å². The molecule has 0 spiro atoms. The Morgan fingerprint density at radius 1 is 1.21 bits per heavy atom. The van der Waals surface area contributed by atoms with Crippen LogP contribution in [-0.4, -0.2) is 13.0 Å². The topological polar surface area (TPSA) is 29.1 Å². The number of nitrogens with one attached hydrogen (secondary N) is 1. The van der Waals surface area contributed by atoms with Gasteiger partial charge in [0, 0.05) is 7.05 Å². The lowest BCUT2D eigenvalue weighted by Crippen LogP contribution is -2.43. The molecule has 0 fully saturated rings. The second kappa shape index (κ2) is 6.05. The first-order valence-corrected chi connectivity index (χ1v) is 5.77. The van der Waals surface area contributed by atoms with Crippen molar-refractivity contribution in [2.45, 2.75) is 53.4 Å². The summed E-state index contributed by atoms with van der Waals surface area (Å²) in [6.07, 6.45) is 4.15. The summed E-state index contributed by atoms with van der Waals surface area (Å²) in [6, 6.07) is 0. The molecule has 0 unspecified atom stereocenters. The molecular formula is C12H25NO. The normalized spacial score (nSPS) is 11.9. The summed E-state index contributed by atoms with van der Waals surface area (Å²) >= 11 is 0. The van der Waals surface area contributed by atoms with Crippen molar-refractivity contribution in [3.63, 3.8) is 0 Å². The molecular weight excluding hydrogens is 174 g/mol. The third kappa shape index (κ3) is 2.73. The Kier molecular flexibility index (Phi) is 5.82. The van der Waals surface area contributed by atoms with E-state index in [4.69, 9.17) is 0 Å². The molecule has 0 aliphatic heterocycles. The van der Waals surface area contributed by atoms with Crippen LogP contribution in [0, 0.1) is 11.3 Å². The number of amides is 1. The van der Waals surface area contributed by atoms with Crippen LogP contribution in [0.2, 0.25) is 0 Å². The van der Waals surface area contributed by atoms with Crippen LogP contribution in [0.3, 0.4) is 0 Å². The maximum Gasteiger partial charge on any atom is 0.226 e. The standard InChI is InChI=1S/C12H25NO/c1-6-8-12(9-7-2,10(3)4)11(14)13-5/h10H,6-9H2,1-5H3,(H,13,14). The minimum Gasteiger partial charge on any atom is -0.359 e. The lowest BCUT2D eigenvalue weighted by molar-refractivity contribution is -0.134. The Morgan fingerprint density at radius 3 is 1.86 bits per heavy atom. The summed E-state index contributed by atoms with van der Waals surface area (Å²) in [5.41, 5.74) is -0.141. The maximum absolute atomic E-state index is 11.9. The smallest absolute Gasteiger partial charge is 0.226 e. The Bertz CT molecular complexity index is 169. The van der Waals surface area contributed by atoms with Gasteiger partial charge in [0.1, 0.15) is 0 Å². The van der Waals surface area contributed by atoms with Crippen LogP contribution in [-0.2, 0) is 4.79 Å². The van der Waals surface area contributed by atoms with E-state index in [2.05, 4.69) is 33.0 Å². The van der Waals surface area contributed by atoms with E-state index in [1.54, 1.807) is 7.05 Å². The molecule has 0 radical (unpaired) electrons. The number of hydrogen-bond donors (Lipinski definition) is 1. The quantitative estimate of drug-likeness (QED) is 0.700. The zero-order valence-electron chi connectivity index (χ0n) is 10.3. The molecule has 14 heavy (non-hydrogen) atoms. The van der Waals surface area contributed by atoms with Gasteiger partial charge >= 0.3 is 0 Å². The second-order valence-electron chi connectivity index (χ2n) is 4.39. The molecule has 0 aliphatic carbocycles. The van der Waals surface area contributed by atoms with Gasteiger partial charge in [-0.05, 0) is 18.8 Å². The molecule has 84 valence electrons. The minimum atomic E-state index is -0.141. The zero-order chi connectivity index (χ0) is 11.2. The third-order valence-electron chi connectivity index (χ3n) is 3.18. The number of carbonyl (C=O) groups is 1. The fourth-order valence-electron chi connectivity index (χ4n) is 2.33. The van der Waals surface area contributed by atoms with Crippen molar-refractivity contribution in [1.82, 2.24) is 5.32 Å². The zero-order valence-corrected chi connectivity index (χ0v) is 10.3. The lowest BCUT2D eigenvalue weighted by Gasteiger charge is -2.35. The summed E-state index contributed by atoms with van der Waals surface area (Å²) in [6.45, 7) is 8.60. The predicted molar refractivity (Wildman–Crippen MR) is 61.2 cm³/mol. The summed E-state index contributed by atoms with van der Waals surface area (Å²) in [5.74, 6) is 0.638. The van der Waals surface area contributed by atoms with Crippen molar-refractivity contribution in [1.29, 1.82) is 0 Å². The van der Waals surface area contributed by atoms with E-state index in [9.17, 15) is 4.79 Å². The second-order valence-corrected chi connectivity index (χ2v) is 4.39. The molecule has 2 heteroatoms. The van der Waals surface area contributed by atoms with Crippen LogP contribution < -0.4 is 5.32 Å². The van der Waals surface area contributed by atoms with Crippen LogP contribution >= 0.6 is 0 Å². The Labute approximate surface area is 88.5 Å². The largest absolute Gasteiger partial charge is 0.359 e. The van der Waals surface area contributed by atoms with E-state index >= 15 is 0 Å². The third-order valence-corrected chi connectivity index (χ3v) is 3.18. The Balaban J connectivity index is 4.82. The van der Waals surface area contributed by atoms with Crippen molar-refractivity contribution in [3.8, 4) is 0 Å². The molecule has 0 rings (SSSR count). The molecule has 1 amide bonds. The van der Waals surface area contributed by atoms with Crippen LogP contribution in [0.4, 0.5) is 0 Å². The molecule has 1 N–H and O–H groups in total. The lowest BCUT2D eigenvalue weighted by atomic mass is 9.70. The molecule has 0 saturated heterocycles. The van der Waals surface area contributed by atoms with Crippen molar-refractivity contribution < 1.29 is 4.79 Å². The molecule has 0 heterocycles. The van der Waals surface area contributed by atoms with Gasteiger partial charge < -0.3 is 5.32 Å². The molecule has 0 aromatic heterocycles. The Morgan fingerprint density at radius 2 is 1.64 bits per heavy atom. The fourth-order valence-corrected chi connectivity index (χ4v) is 2.33. The highest BCUT2D eigenvalue weighted by Crippen LogP contribution is 2.37. The highest BCUT2D eigenvalue weighted by Gasteiger charge is 2.38. The van der Waals surface area contributed by atoms with Crippen LogP contribution in [0.25, 0.3) is 0 Å². The monoisotopic (exact) mass is 199 g/mol. The van der Waals surface area contributed by atoms with Crippen molar-refractivity contribution >= 4 is 5.91 Å². The van der Waals surface area contributed by atoms with Gasteiger partial charge in [0.25, 0.3) is 0 Å². The van der Waals surface area contributed by atoms with Crippen molar-refractivity contribution in [2.75, 3.05) is 7.05 Å². The molecule has 0 aromatic rings. The summed E-state index contributed by atoms with van der Waals surface area (Å²) < 4.78 is 0. The SMILES string of the molecule is CCCC(CCC)(C(=O)NC)C(C)C. The van der Waals surface area contributed by atoms with Crippen LogP contribution in [0.5, 0.6) is 0 Å². The molecule has 2 nitrogen and oxygen atoms in total. The number of carbonyl (C=O) groups excluding carboxylic acids is 1. The fraction of sp³-hybridized carbons (Fsp3) is 0.917. The predicted octanol–water partition coefficient (Wildman–Crippen LogP) is 2.98. The van der Waals surface area contributed by atoms with Gasteiger partial charge in [-0.2, -0.15) is 0 Å². The molecule has 0 aliphatic rings. The van der Waals surface area contributed by atoms with E-state index in [1.807, 2.05) is 0 Å². The first kappa shape index (κ1) is 13.5. The highest BCUT2D eigenvalue weighted by atomic mass is 16.2. The Hall–Kier alpha value is -0.530. The van der Waals surface area contributed by atoms with Gasteiger partial charge in [-0.1, -0.05) is 40.5 Å². The molecule has 0 aromatic carbocycles. The van der Waals surface area contributed by atoms with E-state index in [0.29, 0.717) is 5.92 Å². The van der Waals surface area contributed by atoms with E-state index in [0.717, 1.165) is 25.7 Å². The van der Waals surface area contributed by atoms with E-state index in [-0.39, 0.29) is 11.3 Å². The van der Waals surface area contributed by atoms with E-state index in [1.165, 1.54) is 0 Å². The van der Waals surface area contributed by atoms with Gasteiger partial charge in [-0.15, -0.1) is 0 Å². The summed E-state index contributed by atoms with van der Waals surface area (Å²) in [7, 11) is 1.74. The average molecular weight is 199 g/mol. The first-order valence-electron chi connectivity index (χ1n) is 5.77. The number of rotatable bonds is 6. The average Bonchev–Trinajstić information content (AvgIpc) is 2.15. The summed E-state index contributed by atoms with van der Waals surface area (Å²) in [4.78, 5) is 11.9. The number of hydrogen-bond acceptors (Lipinski definition) is 1. The minimum absolute atomic E-state index is 0.141. The summed E-state index contributed by atoms with van der Waals surface area (Å²) in [5, 5.41) is 2.82. The van der Waals surface area contributed by atoms with Gasteiger partial charge in [-0.25, -0.2) is 0 Å². The van der Waals surface area contributed by atoms with Crippen molar-refractivity contribution in [3.05, 3.63) is 0 Å². The maximum atomic E-state index is 11.9. The first-order chi connectivity index (χ1) is 6.55. The van der Waals surface area contributed by atoms with Gasteiger partial charge in [0.05, 0.1) is 5.41 Å². The van der Waals surface area contributed by atoms with E-state index < -0.39 is 0 Å². The van der Waals surface area contributed by atoms with Gasteiger partial charge in [0.15, 0.2) is 0 Å². The molecule has 0 bridgehead atoms. The molecule has 0 saturated carbocycles. The highest BCUT2D eigenvalue weighted by molar-refractivity contribution is 5.82. The van der Waals surface area contributed by atoms with Crippen molar-refractivity contribution in [2.24, 2.45) is 11.3 Å². The van der Waals surface area contributed by atoms with Gasteiger partial charge in [0.2, 0.25) is 5.91 Å². The van der Waals surface area contributed by atoms with Gasteiger partial charge in [-0.3, -0.25) is 4.79 Å². The molecule has 0 atom stereocenters. The van der Waals surface area contributed by atoms with Crippen LogP contribution in [0.1, 0.15) is 53.4 Å².